The van der Waals surface area contributed by atoms with E-state index in [2.05, 4.69) is 33.9 Å². The zero-order chi connectivity index (χ0) is 15.5. The number of anilines is 1. The van der Waals surface area contributed by atoms with Gasteiger partial charge >= 0.3 is 0 Å². The average Bonchev–Trinajstić information content (AvgIpc) is 3.08. The van der Waals surface area contributed by atoms with Crippen LogP contribution >= 0.6 is 11.3 Å². The maximum absolute atomic E-state index is 5.70. The van der Waals surface area contributed by atoms with Crippen LogP contribution in [0.25, 0.3) is 0 Å². The van der Waals surface area contributed by atoms with Gasteiger partial charge in [0, 0.05) is 30.6 Å². The SMILES string of the molecule is CC(C)Cc1noc([C@H]2CCCN(Cc3cnc(N)s3)C2)n1. The normalized spacial score (nSPS) is 19.9. The number of nitrogen functional groups attached to an aromatic ring is 1. The van der Waals surface area contributed by atoms with Gasteiger partial charge in [-0.1, -0.05) is 19.0 Å². The number of nitrogens with zero attached hydrogens (tertiary/aromatic N) is 4. The number of thiazole rings is 1. The number of rotatable bonds is 5. The summed E-state index contributed by atoms with van der Waals surface area (Å²) in [7, 11) is 0. The molecule has 2 N–H and O–H groups in total. The Morgan fingerprint density at radius 1 is 1.50 bits per heavy atom. The van der Waals surface area contributed by atoms with Crippen LogP contribution in [0.2, 0.25) is 0 Å². The molecule has 6 nitrogen and oxygen atoms in total. The standard InChI is InChI=1S/C15H23N5OS/c1-10(2)6-13-18-14(21-19-13)11-4-3-5-20(8-11)9-12-7-17-15(16)22-12/h7,10-11H,3-6,8-9H2,1-2H3,(H2,16,17)/t11-/m0/s1. The summed E-state index contributed by atoms with van der Waals surface area (Å²) in [6, 6.07) is 0. The molecule has 120 valence electrons. The second-order valence-electron chi connectivity index (χ2n) is 6.39. The molecule has 0 amide bonds. The van der Waals surface area contributed by atoms with Crippen molar-refractivity contribution in [2.24, 2.45) is 5.92 Å². The van der Waals surface area contributed by atoms with E-state index in [1.165, 1.54) is 4.88 Å². The molecule has 0 spiro atoms. The number of nitrogens with two attached hydrogens (primary N) is 1. The third-order valence-electron chi connectivity index (χ3n) is 3.88. The Bertz CT molecular complexity index is 609. The zero-order valence-corrected chi connectivity index (χ0v) is 14.0. The van der Waals surface area contributed by atoms with E-state index in [0.29, 0.717) is 17.0 Å². The summed E-state index contributed by atoms with van der Waals surface area (Å²) in [6.45, 7) is 7.29. The molecule has 2 aromatic rings. The fourth-order valence-corrected chi connectivity index (χ4v) is 3.62. The van der Waals surface area contributed by atoms with E-state index in [0.717, 1.165) is 50.6 Å². The Labute approximate surface area is 134 Å². The van der Waals surface area contributed by atoms with Crippen LogP contribution in [0.3, 0.4) is 0 Å². The van der Waals surface area contributed by atoms with Crippen molar-refractivity contribution in [2.75, 3.05) is 18.8 Å². The molecule has 0 saturated carbocycles. The minimum absolute atomic E-state index is 0.340. The number of likely N-dealkylation sites (tertiary alicyclic amines) is 1. The molecule has 1 aliphatic rings. The Morgan fingerprint density at radius 2 is 2.36 bits per heavy atom. The monoisotopic (exact) mass is 321 g/mol. The Kier molecular flexibility index (Phi) is 4.73. The van der Waals surface area contributed by atoms with E-state index >= 15 is 0 Å². The first-order valence-corrected chi connectivity index (χ1v) is 8.67. The first-order valence-electron chi connectivity index (χ1n) is 7.85. The summed E-state index contributed by atoms with van der Waals surface area (Å²) in [5.74, 6) is 2.51. The quantitative estimate of drug-likeness (QED) is 0.912. The Hall–Kier alpha value is -1.47. The molecule has 0 aromatic carbocycles. The maximum atomic E-state index is 5.70. The van der Waals surface area contributed by atoms with Crippen molar-refractivity contribution >= 4 is 16.5 Å². The highest BCUT2D eigenvalue weighted by molar-refractivity contribution is 7.15. The van der Waals surface area contributed by atoms with Crippen molar-refractivity contribution in [1.82, 2.24) is 20.0 Å². The summed E-state index contributed by atoms with van der Waals surface area (Å²) in [4.78, 5) is 12.3. The highest BCUT2D eigenvalue weighted by atomic mass is 32.1. The van der Waals surface area contributed by atoms with Gasteiger partial charge in [-0.05, 0) is 25.3 Å². The molecule has 1 fully saturated rings. The lowest BCUT2D eigenvalue weighted by molar-refractivity contribution is 0.181. The second kappa shape index (κ2) is 6.75. The largest absolute Gasteiger partial charge is 0.375 e. The number of hydrogen-bond donors (Lipinski definition) is 1. The molecule has 1 saturated heterocycles. The van der Waals surface area contributed by atoms with Crippen molar-refractivity contribution in [3.63, 3.8) is 0 Å². The Morgan fingerprint density at radius 3 is 3.09 bits per heavy atom. The highest BCUT2D eigenvalue weighted by Gasteiger charge is 2.26. The third kappa shape index (κ3) is 3.84. The van der Waals surface area contributed by atoms with Gasteiger partial charge < -0.3 is 10.3 Å². The van der Waals surface area contributed by atoms with Crippen LogP contribution in [0, 0.1) is 5.92 Å². The fraction of sp³-hybridized carbons (Fsp3) is 0.667. The van der Waals surface area contributed by atoms with Crippen molar-refractivity contribution < 1.29 is 4.52 Å². The number of hydrogen-bond acceptors (Lipinski definition) is 7. The van der Waals surface area contributed by atoms with E-state index in [-0.39, 0.29) is 0 Å². The van der Waals surface area contributed by atoms with Gasteiger partial charge in [0.25, 0.3) is 0 Å². The molecule has 2 aromatic heterocycles. The molecule has 22 heavy (non-hydrogen) atoms. The molecule has 7 heteroatoms. The van der Waals surface area contributed by atoms with Crippen molar-refractivity contribution in [3.8, 4) is 0 Å². The van der Waals surface area contributed by atoms with Crippen molar-refractivity contribution in [3.05, 3.63) is 22.8 Å². The van der Waals surface area contributed by atoms with Crippen molar-refractivity contribution in [1.29, 1.82) is 0 Å². The Balaban J connectivity index is 1.61. The van der Waals surface area contributed by atoms with E-state index in [4.69, 9.17) is 10.3 Å². The predicted octanol–water partition coefficient (Wildman–Crippen LogP) is 2.69. The van der Waals surface area contributed by atoms with Crippen LogP contribution in [-0.2, 0) is 13.0 Å². The molecule has 1 atom stereocenters. The lowest BCUT2D eigenvalue weighted by atomic mass is 9.98. The predicted molar refractivity (Wildman–Crippen MR) is 86.6 cm³/mol. The van der Waals surface area contributed by atoms with E-state index in [9.17, 15) is 0 Å². The third-order valence-corrected chi connectivity index (χ3v) is 4.69. The summed E-state index contributed by atoms with van der Waals surface area (Å²) >= 11 is 1.56. The number of piperidine rings is 1. The van der Waals surface area contributed by atoms with Crippen LogP contribution in [0.1, 0.15) is 49.2 Å². The second-order valence-corrected chi connectivity index (χ2v) is 7.53. The van der Waals surface area contributed by atoms with Crippen LogP contribution in [0.4, 0.5) is 5.13 Å². The van der Waals surface area contributed by atoms with Crippen LogP contribution in [0.15, 0.2) is 10.7 Å². The van der Waals surface area contributed by atoms with Gasteiger partial charge in [-0.15, -0.1) is 11.3 Å². The minimum atomic E-state index is 0.340. The zero-order valence-electron chi connectivity index (χ0n) is 13.2. The van der Waals surface area contributed by atoms with E-state index in [1.807, 2.05) is 6.20 Å². The lowest BCUT2D eigenvalue weighted by Crippen LogP contribution is -2.33. The summed E-state index contributed by atoms with van der Waals surface area (Å²) < 4.78 is 5.49. The van der Waals surface area contributed by atoms with Gasteiger partial charge in [-0.25, -0.2) is 4.98 Å². The van der Waals surface area contributed by atoms with Crippen LogP contribution in [-0.4, -0.2) is 33.1 Å². The molecule has 3 heterocycles. The van der Waals surface area contributed by atoms with E-state index < -0.39 is 0 Å². The summed E-state index contributed by atoms with van der Waals surface area (Å²) in [5, 5.41) is 4.75. The lowest BCUT2D eigenvalue weighted by Gasteiger charge is -2.30. The molecular formula is C15H23N5OS. The smallest absolute Gasteiger partial charge is 0.231 e. The maximum Gasteiger partial charge on any atom is 0.231 e. The molecule has 0 bridgehead atoms. The molecule has 3 rings (SSSR count). The highest BCUT2D eigenvalue weighted by Crippen LogP contribution is 2.28. The average molecular weight is 321 g/mol. The van der Waals surface area contributed by atoms with Gasteiger partial charge in [0.2, 0.25) is 5.89 Å². The fourth-order valence-electron chi connectivity index (χ4n) is 2.90. The first-order chi connectivity index (χ1) is 10.6. The van der Waals surface area contributed by atoms with Gasteiger partial charge in [0.1, 0.15) is 0 Å². The summed E-state index contributed by atoms with van der Waals surface area (Å²) in [6.07, 6.45) is 5.02. The number of aromatic nitrogens is 3. The topological polar surface area (TPSA) is 81.1 Å². The molecule has 0 unspecified atom stereocenters. The van der Waals surface area contributed by atoms with Gasteiger partial charge in [-0.2, -0.15) is 4.98 Å². The van der Waals surface area contributed by atoms with E-state index in [1.54, 1.807) is 11.3 Å². The molecular weight excluding hydrogens is 298 g/mol. The van der Waals surface area contributed by atoms with Crippen LogP contribution in [0.5, 0.6) is 0 Å². The first kappa shape index (κ1) is 15.4. The van der Waals surface area contributed by atoms with Gasteiger partial charge in [-0.3, -0.25) is 4.90 Å². The summed E-state index contributed by atoms with van der Waals surface area (Å²) in [5.41, 5.74) is 5.70. The van der Waals surface area contributed by atoms with Gasteiger partial charge in [0.15, 0.2) is 11.0 Å². The van der Waals surface area contributed by atoms with Crippen LogP contribution < -0.4 is 5.73 Å². The molecule has 0 aliphatic carbocycles. The minimum Gasteiger partial charge on any atom is -0.375 e. The molecule has 0 radical (unpaired) electrons. The van der Waals surface area contributed by atoms with Gasteiger partial charge in [0.05, 0.1) is 5.92 Å². The van der Waals surface area contributed by atoms with Crippen molar-refractivity contribution in [2.45, 2.75) is 45.6 Å². The molecule has 1 aliphatic heterocycles.